The molecule has 0 bridgehead atoms. The highest BCUT2D eigenvalue weighted by molar-refractivity contribution is 6.66. The molecule has 2 aliphatic carbocycles. The van der Waals surface area contributed by atoms with E-state index in [2.05, 4.69) is 108 Å². The van der Waals surface area contributed by atoms with Crippen LogP contribution >= 0.6 is 0 Å². The van der Waals surface area contributed by atoms with E-state index >= 15 is 0 Å². The fraction of sp³-hybridized carbons (Fsp3) is 0.406. The van der Waals surface area contributed by atoms with Crippen LogP contribution in [0.25, 0.3) is 17.1 Å². The van der Waals surface area contributed by atoms with E-state index in [1.807, 2.05) is 0 Å². The maximum Gasteiger partial charge on any atom is 0.491 e. The van der Waals surface area contributed by atoms with E-state index in [-0.39, 0.29) is 18.3 Å². The summed E-state index contributed by atoms with van der Waals surface area (Å²) in [5.41, 5.74) is 9.37. The molecule has 2 atom stereocenters. The van der Waals surface area contributed by atoms with Crippen LogP contribution in [-0.4, -0.2) is 18.3 Å². The summed E-state index contributed by atoms with van der Waals surface area (Å²) < 4.78 is 12.9. The average molecular weight is 464 g/mol. The summed E-state index contributed by atoms with van der Waals surface area (Å²) >= 11 is 0. The van der Waals surface area contributed by atoms with Crippen molar-refractivity contribution < 1.29 is 9.31 Å². The van der Waals surface area contributed by atoms with Gasteiger partial charge in [0.2, 0.25) is 0 Å². The lowest BCUT2D eigenvalue weighted by Crippen LogP contribution is -2.41. The maximum absolute atomic E-state index is 6.44. The first-order chi connectivity index (χ1) is 16.7. The summed E-state index contributed by atoms with van der Waals surface area (Å²) in [6.45, 7) is 15.0. The second kappa shape index (κ2) is 9.14. The van der Waals surface area contributed by atoms with Gasteiger partial charge in [0.05, 0.1) is 11.2 Å². The van der Waals surface area contributed by atoms with Gasteiger partial charge in [-0.05, 0) is 103 Å². The van der Waals surface area contributed by atoms with Crippen LogP contribution in [-0.2, 0) is 9.31 Å². The number of allylic oxidation sites excluding steroid dienone is 2. The molecule has 2 aromatic rings. The molecule has 0 saturated carbocycles. The van der Waals surface area contributed by atoms with Crippen molar-refractivity contribution in [1.29, 1.82) is 0 Å². The topological polar surface area (TPSA) is 18.5 Å². The molecule has 0 aromatic heterocycles. The van der Waals surface area contributed by atoms with Crippen molar-refractivity contribution in [2.75, 3.05) is 0 Å². The van der Waals surface area contributed by atoms with Gasteiger partial charge in [-0.2, -0.15) is 0 Å². The summed E-state index contributed by atoms with van der Waals surface area (Å²) in [6, 6.07) is 17.5. The van der Waals surface area contributed by atoms with Crippen molar-refractivity contribution in [3.63, 3.8) is 0 Å². The van der Waals surface area contributed by atoms with Crippen LogP contribution in [0.5, 0.6) is 0 Å². The Balaban J connectivity index is 1.44. The predicted octanol–water partition coefficient (Wildman–Crippen LogP) is 6.35. The van der Waals surface area contributed by atoms with Gasteiger partial charge in [0.1, 0.15) is 0 Å². The Kier molecular flexibility index (Phi) is 6.30. The van der Waals surface area contributed by atoms with Gasteiger partial charge in [-0.25, -0.2) is 0 Å². The molecule has 3 aliphatic rings. The van der Waals surface area contributed by atoms with E-state index in [0.29, 0.717) is 11.8 Å². The molecular formula is C32H37BO2. The SMILES string of the molecule is C=C=C(CCC1C=Cc2ccccc2C1C)C1=c2ccccc2=C(B2OC(C)(C)C(C)(C)O2)CC1. The largest absolute Gasteiger partial charge is 0.491 e. The van der Waals surface area contributed by atoms with E-state index in [1.165, 1.54) is 38.2 Å². The fourth-order valence-electron chi connectivity index (χ4n) is 5.80. The van der Waals surface area contributed by atoms with Crippen LogP contribution in [0.15, 0.2) is 72.5 Å². The fourth-order valence-corrected chi connectivity index (χ4v) is 5.80. The minimum atomic E-state index is -0.335. The number of fused-ring (bicyclic) bond motifs is 2. The zero-order valence-corrected chi connectivity index (χ0v) is 21.9. The quantitative estimate of drug-likeness (QED) is 0.379. The summed E-state index contributed by atoms with van der Waals surface area (Å²) in [7, 11) is -0.299. The smallest absolute Gasteiger partial charge is 0.400 e. The lowest BCUT2D eigenvalue weighted by atomic mass is 9.70. The Labute approximate surface area is 210 Å². The summed E-state index contributed by atoms with van der Waals surface area (Å²) in [5, 5.41) is 2.53. The Morgan fingerprint density at radius 3 is 2.34 bits per heavy atom. The molecule has 0 radical (unpaired) electrons. The molecule has 0 amide bonds. The van der Waals surface area contributed by atoms with Crippen LogP contribution in [0, 0.1) is 5.92 Å². The molecule has 1 saturated heterocycles. The van der Waals surface area contributed by atoms with Crippen LogP contribution in [0.3, 0.4) is 0 Å². The van der Waals surface area contributed by atoms with E-state index in [9.17, 15) is 0 Å². The van der Waals surface area contributed by atoms with Gasteiger partial charge in [-0.1, -0.05) is 74.2 Å². The first kappa shape index (κ1) is 24.1. The Morgan fingerprint density at radius 1 is 0.971 bits per heavy atom. The third-order valence-corrected chi connectivity index (χ3v) is 8.74. The van der Waals surface area contributed by atoms with Crippen molar-refractivity contribution in [3.8, 4) is 0 Å². The highest BCUT2D eigenvalue weighted by Gasteiger charge is 2.52. The summed E-state index contributed by atoms with van der Waals surface area (Å²) in [6.07, 6.45) is 8.68. The minimum absolute atomic E-state index is 0.299. The van der Waals surface area contributed by atoms with Crippen LogP contribution < -0.4 is 10.4 Å². The Bertz CT molecular complexity index is 1320. The van der Waals surface area contributed by atoms with E-state index in [1.54, 1.807) is 0 Å². The third-order valence-electron chi connectivity index (χ3n) is 8.74. The summed E-state index contributed by atoms with van der Waals surface area (Å²) in [5.74, 6) is 1.05. The molecule has 0 N–H and O–H groups in total. The molecule has 1 aliphatic heterocycles. The second-order valence-electron chi connectivity index (χ2n) is 11.3. The second-order valence-corrected chi connectivity index (χ2v) is 11.3. The molecule has 2 aromatic carbocycles. The average Bonchev–Trinajstić information content (AvgIpc) is 3.07. The summed E-state index contributed by atoms with van der Waals surface area (Å²) in [4.78, 5) is 0. The molecular weight excluding hydrogens is 427 g/mol. The minimum Gasteiger partial charge on any atom is -0.400 e. The molecule has 35 heavy (non-hydrogen) atoms. The Hall–Kier alpha value is -2.58. The van der Waals surface area contributed by atoms with Crippen LogP contribution in [0.2, 0.25) is 0 Å². The van der Waals surface area contributed by atoms with Gasteiger partial charge in [0.25, 0.3) is 0 Å². The maximum atomic E-state index is 6.44. The number of hydrogen-bond acceptors (Lipinski definition) is 2. The van der Waals surface area contributed by atoms with Crippen molar-refractivity contribution >= 4 is 24.2 Å². The number of hydrogen-bond donors (Lipinski definition) is 0. The molecule has 2 nitrogen and oxygen atoms in total. The normalized spacial score (nSPS) is 24.1. The molecule has 1 heterocycles. The zero-order chi connectivity index (χ0) is 24.8. The van der Waals surface area contributed by atoms with Gasteiger partial charge in [0, 0.05) is 0 Å². The molecule has 2 unspecified atom stereocenters. The zero-order valence-electron chi connectivity index (χ0n) is 21.9. The van der Waals surface area contributed by atoms with Crippen molar-refractivity contribution in [2.24, 2.45) is 5.92 Å². The highest BCUT2D eigenvalue weighted by atomic mass is 16.7. The van der Waals surface area contributed by atoms with Crippen molar-refractivity contribution in [2.45, 2.75) is 77.4 Å². The van der Waals surface area contributed by atoms with E-state index in [4.69, 9.17) is 9.31 Å². The first-order valence-corrected chi connectivity index (χ1v) is 13.1. The number of benzene rings is 2. The van der Waals surface area contributed by atoms with Gasteiger partial charge < -0.3 is 9.31 Å². The third kappa shape index (κ3) is 4.31. The van der Waals surface area contributed by atoms with Crippen LogP contribution in [0.4, 0.5) is 0 Å². The van der Waals surface area contributed by atoms with Crippen LogP contribution in [0.1, 0.15) is 77.3 Å². The molecule has 3 heteroatoms. The molecule has 180 valence electrons. The van der Waals surface area contributed by atoms with Gasteiger partial charge >= 0.3 is 7.12 Å². The standard InChI is InChI=1S/C32H37BO2/c1-7-23(16-17-24-18-19-25-12-8-9-13-26(25)22(24)2)27-20-21-30(29-15-11-10-14-28(27)29)33-34-31(3,4)32(5,6)35-33/h8-15,18-19,22,24H,1,16-17,20-21H2,2-6H3. The molecule has 1 fully saturated rings. The highest BCUT2D eigenvalue weighted by Crippen LogP contribution is 2.41. The van der Waals surface area contributed by atoms with E-state index in [0.717, 1.165) is 25.7 Å². The van der Waals surface area contributed by atoms with Gasteiger partial charge in [-0.15, -0.1) is 5.73 Å². The lowest BCUT2D eigenvalue weighted by Gasteiger charge is -2.32. The molecule has 0 spiro atoms. The van der Waals surface area contributed by atoms with Crippen molar-refractivity contribution in [1.82, 2.24) is 0 Å². The van der Waals surface area contributed by atoms with Gasteiger partial charge in [-0.3, -0.25) is 0 Å². The van der Waals surface area contributed by atoms with E-state index < -0.39 is 0 Å². The predicted molar refractivity (Wildman–Crippen MR) is 147 cm³/mol. The monoisotopic (exact) mass is 464 g/mol. The Morgan fingerprint density at radius 2 is 1.63 bits per heavy atom. The first-order valence-electron chi connectivity index (χ1n) is 13.1. The lowest BCUT2D eigenvalue weighted by molar-refractivity contribution is 0.00578. The number of rotatable bonds is 5. The van der Waals surface area contributed by atoms with Crippen molar-refractivity contribution in [3.05, 3.63) is 94.1 Å². The molecule has 5 rings (SSSR count). The van der Waals surface area contributed by atoms with Gasteiger partial charge in [0.15, 0.2) is 0 Å².